The molecule has 6 aromatic carbocycles. The van der Waals surface area contributed by atoms with E-state index in [0.717, 1.165) is 42.5 Å². The summed E-state index contributed by atoms with van der Waals surface area (Å²) >= 11 is 0. The molecule has 0 spiro atoms. The molecule has 0 aromatic heterocycles. The van der Waals surface area contributed by atoms with Crippen LogP contribution in [-0.4, -0.2) is 69.7 Å². The number of carbonyl (C=O) groups is 3. The zero-order chi connectivity index (χ0) is 47.6. The Morgan fingerprint density at radius 3 is 1.53 bits per heavy atom. The molecule has 0 unspecified atom stereocenters. The molecule has 336 valence electrons. The van der Waals surface area contributed by atoms with Crippen molar-refractivity contribution in [2.75, 3.05) is 21.3 Å². The van der Waals surface area contributed by atoms with Gasteiger partial charge in [-0.2, -0.15) is 33.7 Å². The van der Waals surface area contributed by atoms with Gasteiger partial charge in [0.2, 0.25) is 0 Å². The van der Waals surface area contributed by atoms with Crippen LogP contribution in [0.1, 0.15) is 54.1 Å². The van der Waals surface area contributed by atoms with Crippen molar-refractivity contribution in [3.63, 3.8) is 0 Å². The topological polar surface area (TPSA) is 317 Å². The van der Waals surface area contributed by atoms with E-state index in [1.807, 2.05) is 0 Å². The highest BCUT2D eigenvalue weighted by Crippen LogP contribution is 2.38. The normalized spacial score (nSPS) is 12.3. The van der Waals surface area contributed by atoms with Crippen molar-refractivity contribution < 1.29 is 66.3 Å². The largest absolute Gasteiger partial charge is 0.323 e. The molecule has 6 rings (SSSR count). The Bertz CT molecular complexity index is 3520. The predicted molar refractivity (Wildman–Crippen MR) is 237 cm³/mol. The lowest BCUT2D eigenvalue weighted by Gasteiger charge is -2.20. The number of carbonyl (C=O) groups excluding carboxylic acids is 3. The Morgan fingerprint density at radius 1 is 0.453 bits per heavy atom. The molecule has 8 N–H and O–H groups in total. The third-order valence-corrected chi connectivity index (χ3v) is 13.9. The van der Waals surface area contributed by atoms with Gasteiger partial charge in [0.25, 0.3) is 52.3 Å². The fourth-order valence-electron chi connectivity index (χ4n) is 7.58. The highest BCUT2D eigenvalue weighted by Gasteiger charge is 2.27. The summed E-state index contributed by atoms with van der Waals surface area (Å²) in [5.74, 6) is -1.66. The number of hydrogen-bond donors (Lipinski definition) is 8. The third-order valence-electron chi connectivity index (χ3n) is 10.3. The Kier molecular flexibility index (Phi) is 12.3. The fourth-order valence-corrected chi connectivity index (χ4v) is 10.5. The van der Waals surface area contributed by atoms with E-state index in [0.29, 0.717) is 22.3 Å². The van der Waals surface area contributed by atoms with Gasteiger partial charge in [0.15, 0.2) is 0 Å². The van der Waals surface area contributed by atoms with Crippen LogP contribution in [0, 0.1) is 41.5 Å². The lowest BCUT2D eigenvalue weighted by atomic mass is 9.96. The van der Waals surface area contributed by atoms with Crippen molar-refractivity contribution >= 4 is 103 Å². The number of hydrogen-bond acceptors (Lipinski definition) is 11. The Labute approximate surface area is 366 Å². The SMILES string of the molecule is Cc1cc(S(=O)(=O)O)c2c(NC(=O)c3cc(NC(=O)Nc4c(C)cc(C)c(C(=O)Nc5ccc(S(=O)(=O)O)c6cccc(S(=O)(=O)O)c56)c4C)c(C)cc3C)ccc(S(=O)(=O)O)c2c1. The van der Waals surface area contributed by atoms with Gasteiger partial charge in [0.05, 0.1) is 11.4 Å². The first-order valence-electron chi connectivity index (χ1n) is 18.4. The van der Waals surface area contributed by atoms with Gasteiger partial charge < -0.3 is 21.3 Å². The summed E-state index contributed by atoms with van der Waals surface area (Å²) < 4.78 is 138. The number of benzene rings is 6. The first-order chi connectivity index (χ1) is 29.5. The van der Waals surface area contributed by atoms with Crippen LogP contribution in [0.25, 0.3) is 21.5 Å². The molecule has 0 bridgehead atoms. The third kappa shape index (κ3) is 9.32. The number of rotatable bonds is 10. The minimum Gasteiger partial charge on any atom is -0.321 e. The minimum absolute atomic E-state index is 0.0205. The predicted octanol–water partition coefficient (Wildman–Crippen LogP) is 6.98. The molecule has 4 amide bonds. The van der Waals surface area contributed by atoms with Crippen LogP contribution in [0.4, 0.5) is 27.5 Å². The second kappa shape index (κ2) is 16.7. The molecular weight excluding hydrogens is 917 g/mol. The summed E-state index contributed by atoms with van der Waals surface area (Å²) in [5.41, 5.74) is 2.09. The van der Waals surface area contributed by atoms with Crippen LogP contribution in [0.15, 0.2) is 92.4 Å². The zero-order valence-electron chi connectivity index (χ0n) is 34.3. The molecule has 19 nitrogen and oxygen atoms in total. The smallest absolute Gasteiger partial charge is 0.321 e. The van der Waals surface area contributed by atoms with Crippen molar-refractivity contribution in [1.29, 1.82) is 0 Å². The van der Waals surface area contributed by atoms with Crippen molar-refractivity contribution in [1.82, 2.24) is 0 Å². The van der Waals surface area contributed by atoms with E-state index >= 15 is 0 Å². The molecule has 0 heterocycles. The molecule has 0 fully saturated rings. The van der Waals surface area contributed by atoms with Crippen LogP contribution < -0.4 is 21.3 Å². The average Bonchev–Trinajstić information content (AvgIpc) is 3.15. The first-order valence-corrected chi connectivity index (χ1v) is 24.2. The maximum absolute atomic E-state index is 14.0. The van der Waals surface area contributed by atoms with E-state index in [2.05, 4.69) is 21.3 Å². The molecular formula is C41H38N4O15S4. The summed E-state index contributed by atoms with van der Waals surface area (Å²) in [6, 6.07) is 13.2. The minimum atomic E-state index is -5.01. The van der Waals surface area contributed by atoms with Gasteiger partial charge in [-0.3, -0.25) is 27.8 Å². The molecule has 0 radical (unpaired) electrons. The lowest BCUT2D eigenvalue weighted by Crippen LogP contribution is -2.23. The molecule has 0 aliphatic rings. The van der Waals surface area contributed by atoms with Crippen LogP contribution in [-0.2, 0) is 40.5 Å². The zero-order valence-corrected chi connectivity index (χ0v) is 37.6. The molecule has 0 aliphatic heterocycles. The van der Waals surface area contributed by atoms with E-state index < -0.39 is 88.7 Å². The number of nitrogens with one attached hydrogen (secondary N) is 4. The molecule has 0 aliphatic carbocycles. The molecule has 64 heavy (non-hydrogen) atoms. The average molecular weight is 955 g/mol. The van der Waals surface area contributed by atoms with Gasteiger partial charge in [-0.05, 0) is 123 Å². The Hall–Kier alpha value is -6.31. The van der Waals surface area contributed by atoms with Gasteiger partial charge in [-0.15, -0.1) is 0 Å². The number of aryl methyl sites for hydroxylation is 5. The van der Waals surface area contributed by atoms with E-state index in [1.54, 1.807) is 39.8 Å². The summed E-state index contributed by atoms with van der Waals surface area (Å²) in [7, 11) is -19.8. The van der Waals surface area contributed by atoms with E-state index in [4.69, 9.17) is 0 Å². The van der Waals surface area contributed by atoms with Crippen LogP contribution in [0.2, 0.25) is 0 Å². The highest BCUT2D eigenvalue weighted by atomic mass is 32.2. The van der Waals surface area contributed by atoms with Crippen LogP contribution in [0.3, 0.4) is 0 Å². The second-order valence-electron chi connectivity index (χ2n) is 14.8. The number of urea groups is 1. The molecule has 0 saturated heterocycles. The van der Waals surface area contributed by atoms with Crippen molar-refractivity contribution in [3.05, 3.63) is 117 Å². The van der Waals surface area contributed by atoms with Crippen LogP contribution >= 0.6 is 0 Å². The summed E-state index contributed by atoms with van der Waals surface area (Å²) in [4.78, 5) is 38.6. The second-order valence-corrected chi connectivity index (χ2v) is 20.4. The van der Waals surface area contributed by atoms with Gasteiger partial charge in [-0.25, -0.2) is 4.79 Å². The summed E-state index contributed by atoms with van der Waals surface area (Å²) in [6.07, 6.45) is 0. The van der Waals surface area contributed by atoms with Gasteiger partial charge >= 0.3 is 6.03 Å². The summed E-state index contributed by atoms with van der Waals surface area (Å²) in [5, 5.41) is 9.03. The molecule has 6 aromatic rings. The van der Waals surface area contributed by atoms with Gasteiger partial charge in [0.1, 0.15) is 19.6 Å². The van der Waals surface area contributed by atoms with Crippen molar-refractivity contribution in [2.45, 2.75) is 61.1 Å². The van der Waals surface area contributed by atoms with Crippen molar-refractivity contribution in [2.24, 2.45) is 0 Å². The van der Waals surface area contributed by atoms with E-state index in [1.165, 1.54) is 32.0 Å². The number of anilines is 4. The van der Waals surface area contributed by atoms with E-state index in [-0.39, 0.29) is 55.8 Å². The van der Waals surface area contributed by atoms with Gasteiger partial charge in [0, 0.05) is 44.0 Å². The summed E-state index contributed by atoms with van der Waals surface area (Å²) in [6.45, 7) is 9.42. The van der Waals surface area contributed by atoms with Crippen molar-refractivity contribution in [3.8, 4) is 0 Å². The molecule has 0 atom stereocenters. The quantitative estimate of drug-likeness (QED) is 0.0642. The molecule has 0 saturated carbocycles. The molecule has 23 heteroatoms. The number of fused-ring (bicyclic) bond motifs is 2. The van der Waals surface area contributed by atoms with E-state index in [9.17, 15) is 66.3 Å². The Morgan fingerprint density at radius 2 is 0.969 bits per heavy atom. The number of amides is 4. The monoisotopic (exact) mass is 954 g/mol. The maximum atomic E-state index is 14.0. The Balaban J connectivity index is 1.32. The highest BCUT2D eigenvalue weighted by molar-refractivity contribution is 7.87. The lowest BCUT2D eigenvalue weighted by molar-refractivity contribution is 0.101. The van der Waals surface area contributed by atoms with Gasteiger partial charge in [-0.1, -0.05) is 24.3 Å². The first kappa shape index (κ1) is 47.2. The maximum Gasteiger partial charge on any atom is 0.323 e. The van der Waals surface area contributed by atoms with Crippen LogP contribution in [0.5, 0.6) is 0 Å². The standard InChI is InChI=1S/C41H38N4O15S4/c1-19-14-27-32(62(52,53)54)13-11-29(37(27)34(15-19)64(58,59)60)42-39(46)26-18-30(21(3)16-20(26)2)44-41(48)45-38-23(5)17-22(4)35(24(38)6)40(47)43-28-10-12-31(61(49,50)51)25-8-7-9-33(36(25)28)63(55,56)57/h7-18H,1-6H3,(H,42,46)(H,43,47)(H2,44,45,48)(H,49,50,51)(H,52,53,54)(H,55,56,57)(H,58,59,60). The fraction of sp³-hybridized carbons (Fsp3) is 0.146.